The van der Waals surface area contributed by atoms with E-state index in [-0.39, 0.29) is 27.8 Å². The van der Waals surface area contributed by atoms with E-state index in [2.05, 4.69) is 0 Å². The van der Waals surface area contributed by atoms with Gasteiger partial charge in [0.15, 0.2) is 0 Å². The number of Topliss-reactive ketones (excluding diaryl/α,β-unsaturated/α-hetero) is 1. The minimum absolute atomic E-state index is 0.0518. The Labute approximate surface area is 113 Å². The molecule has 1 rings (SSSR count). The molecule has 0 spiro atoms. The maximum atomic E-state index is 13.2. The Hall–Kier alpha value is -1.39. The molecule has 0 aliphatic carbocycles. The van der Waals surface area contributed by atoms with E-state index >= 15 is 0 Å². The first-order valence-corrected chi connectivity index (χ1v) is 5.66. The van der Waals surface area contributed by atoms with Gasteiger partial charge in [0.2, 0.25) is 12.1 Å². The van der Waals surface area contributed by atoms with Crippen LogP contribution in [0.4, 0.5) is 4.39 Å². The van der Waals surface area contributed by atoms with E-state index in [1.165, 1.54) is 6.29 Å². The number of halogens is 3. The molecule has 6 heteroatoms. The number of rotatable bonds is 5. The maximum Gasteiger partial charge on any atom is 0.240 e. The van der Waals surface area contributed by atoms with Gasteiger partial charge in [-0.15, -0.1) is 0 Å². The van der Waals surface area contributed by atoms with Gasteiger partial charge in [-0.3, -0.25) is 9.59 Å². The zero-order chi connectivity index (χ0) is 13.7. The summed E-state index contributed by atoms with van der Waals surface area (Å²) in [7, 11) is 0. The zero-order valence-corrected chi connectivity index (χ0v) is 10.8. The first kappa shape index (κ1) is 14.7. The van der Waals surface area contributed by atoms with Crippen LogP contribution in [0.15, 0.2) is 24.0 Å². The molecule has 1 aromatic carbocycles. The summed E-state index contributed by atoms with van der Waals surface area (Å²) >= 11 is 11.3. The molecule has 0 fully saturated rings. The third-order valence-corrected chi connectivity index (χ3v) is 2.58. The first-order chi connectivity index (χ1) is 8.51. The van der Waals surface area contributed by atoms with Gasteiger partial charge in [-0.2, -0.15) is 0 Å². The highest BCUT2D eigenvalue weighted by Crippen LogP contribution is 2.25. The predicted octanol–water partition coefficient (Wildman–Crippen LogP) is 3.35. The molecule has 0 N–H and O–H groups in total. The molecule has 95 valence electrons. The lowest BCUT2D eigenvalue weighted by Gasteiger charge is -2.04. The molecule has 0 unspecified atom stereocenters. The van der Waals surface area contributed by atoms with E-state index in [1.807, 2.05) is 0 Å². The molecule has 0 aliphatic rings. The third-order valence-electron chi connectivity index (χ3n) is 1.98. The van der Waals surface area contributed by atoms with Crippen LogP contribution in [0.1, 0.15) is 17.3 Å². The van der Waals surface area contributed by atoms with Gasteiger partial charge >= 0.3 is 0 Å². The maximum absolute atomic E-state index is 13.2. The monoisotopic (exact) mass is 289 g/mol. The van der Waals surface area contributed by atoms with Crippen molar-refractivity contribution in [3.8, 4) is 0 Å². The number of ketones is 1. The van der Waals surface area contributed by atoms with Crippen LogP contribution in [0.5, 0.6) is 0 Å². The van der Waals surface area contributed by atoms with Gasteiger partial charge in [0.25, 0.3) is 0 Å². The quantitative estimate of drug-likeness (QED) is 0.208. The highest BCUT2D eigenvalue weighted by Gasteiger charge is 2.18. The molecule has 0 amide bonds. The fraction of sp³-hybridized carbons (Fsp3) is 0.167. The number of hydrogen-bond donors (Lipinski definition) is 0. The fourth-order valence-corrected chi connectivity index (χ4v) is 1.60. The lowest BCUT2D eigenvalue weighted by molar-refractivity contribution is 0.103. The second kappa shape index (κ2) is 6.52. The summed E-state index contributed by atoms with van der Waals surface area (Å²) in [5, 5.41) is -0.258. The zero-order valence-electron chi connectivity index (χ0n) is 9.30. The molecule has 0 saturated heterocycles. The normalized spacial score (nSPS) is 11.2. The molecular weight excluding hydrogens is 282 g/mol. The van der Waals surface area contributed by atoms with Gasteiger partial charge in [-0.05, 0) is 19.1 Å². The van der Waals surface area contributed by atoms with Crippen LogP contribution in [-0.2, 0) is 9.53 Å². The predicted molar refractivity (Wildman–Crippen MR) is 66.2 cm³/mol. The summed E-state index contributed by atoms with van der Waals surface area (Å²) < 4.78 is 18.1. The van der Waals surface area contributed by atoms with Crippen molar-refractivity contribution >= 4 is 35.3 Å². The van der Waals surface area contributed by atoms with Crippen molar-refractivity contribution in [1.29, 1.82) is 0 Å². The lowest BCUT2D eigenvalue weighted by Crippen LogP contribution is -2.07. The molecule has 1 radical (unpaired) electrons. The Morgan fingerprint density at radius 1 is 1.44 bits per heavy atom. The molecule has 0 aromatic heterocycles. The van der Waals surface area contributed by atoms with Crippen molar-refractivity contribution in [3.63, 3.8) is 0 Å². The summed E-state index contributed by atoms with van der Waals surface area (Å²) in [6.07, 6.45) is 2.38. The highest BCUT2D eigenvalue weighted by atomic mass is 35.5. The van der Waals surface area contributed by atoms with Crippen LogP contribution in [0.2, 0.25) is 10.0 Å². The molecule has 0 aliphatic heterocycles. The average molecular weight is 290 g/mol. The van der Waals surface area contributed by atoms with Gasteiger partial charge in [-0.1, -0.05) is 23.2 Å². The third kappa shape index (κ3) is 3.31. The summed E-state index contributed by atoms with van der Waals surface area (Å²) in [4.78, 5) is 22.5. The van der Waals surface area contributed by atoms with E-state index < -0.39 is 11.6 Å². The largest absolute Gasteiger partial charge is 0.501 e. The van der Waals surface area contributed by atoms with Crippen molar-refractivity contribution < 1.29 is 18.7 Å². The van der Waals surface area contributed by atoms with Crippen molar-refractivity contribution in [2.45, 2.75) is 6.92 Å². The topological polar surface area (TPSA) is 43.4 Å². The number of allylic oxidation sites excluding steroid dienone is 1. The van der Waals surface area contributed by atoms with Crippen molar-refractivity contribution in [1.82, 2.24) is 0 Å². The molecule has 0 bridgehead atoms. The smallest absolute Gasteiger partial charge is 0.240 e. The van der Waals surface area contributed by atoms with E-state index in [1.54, 1.807) is 6.92 Å². The van der Waals surface area contributed by atoms with Crippen LogP contribution in [0.3, 0.4) is 0 Å². The van der Waals surface area contributed by atoms with E-state index in [0.29, 0.717) is 0 Å². The van der Waals surface area contributed by atoms with Crippen molar-refractivity contribution in [3.05, 3.63) is 45.4 Å². The molecule has 0 atom stereocenters. The van der Waals surface area contributed by atoms with Crippen molar-refractivity contribution in [2.75, 3.05) is 6.61 Å². The van der Waals surface area contributed by atoms with Crippen LogP contribution >= 0.6 is 23.2 Å². The second-order valence-electron chi connectivity index (χ2n) is 3.16. The molecule has 1 aromatic rings. The molecule has 0 saturated carbocycles. The fourth-order valence-electron chi connectivity index (χ4n) is 1.13. The summed E-state index contributed by atoms with van der Waals surface area (Å²) in [6, 6.07) is 1.96. The number of hydrogen-bond acceptors (Lipinski definition) is 3. The van der Waals surface area contributed by atoms with Gasteiger partial charge in [-0.25, -0.2) is 4.39 Å². The number of carbonyl (C=O) groups excluding carboxylic acids is 2. The Morgan fingerprint density at radius 2 is 2.11 bits per heavy atom. The van der Waals surface area contributed by atoms with Gasteiger partial charge in [0, 0.05) is 5.56 Å². The summed E-state index contributed by atoms with van der Waals surface area (Å²) in [5.41, 5.74) is -0.548. The Bertz CT molecular complexity index is 512. The number of benzene rings is 1. The molecular formula is C12H8Cl2FO3. The first-order valence-electron chi connectivity index (χ1n) is 4.90. The Kier molecular flexibility index (Phi) is 5.31. The number of ether oxygens (including phenoxy) is 1. The second-order valence-corrected chi connectivity index (χ2v) is 3.98. The highest BCUT2D eigenvalue weighted by molar-refractivity contribution is 6.38. The van der Waals surface area contributed by atoms with Gasteiger partial charge in [0.1, 0.15) is 11.4 Å². The Morgan fingerprint density at radius 3 is 2.67 bits per heavy atom. The van der Waals surface area contributed by atoms with Gasteiger partial charge < -0.3 is 4.74 Å². The van der Waals surface area contributed by atoms with E-state index in [4.69, 9.17) is 27.9 Å². The number of carbonyl (C=O) groups is 1. The summed E-state index contributed by atoms with van der Waals surface area (Å²) in [6.45, 7) is 1.96. The molecule has 18 heavy (non-hydrogen) atoms. The van der Waals surface area contributed by atoms with Gasteiger partial charge in [0.05, 0.1) is 22.9 Å². The van der Waals surface area contributed by atoms with Crippen molar-refractivity contribution in [2.24, 2.45) is 0 Å². The minimum Gasteiger partial charge on any atom is -0.501 e. The van der Waals surface area contributed by atoms with Crippen LogP contribution in [-0.4, -0.2) is 18.7 Å². The van der Waals surface area contributed by atoms with Crippen LogP contribution < -0.4 is 0 Å². The van der Waals surface area contributed by atoms with Crippen LogP contribution in [0, 0.1) is 5.82 Å². The van der Waals surface area contributed by atoms with E-state index in [0.717, 1.165) is 18.4 Å². The standard InChI is InChI=1S/C12H8Cl2FO3/c1-2-18-6-7(5-16)12(17)8-3-11(15)10(14)4-9(8)13/h3-4,6H,2H2,1H3. The molecule has 3 nitrogen and oxygen atoms in total. The molecule has 0 heterocycles. The minimum atomic E-state index is -0.800. The van der Waals surface area contributed by atoms with E-state index in [9.17, 15) is 14.0 Å². The average Bonchev–Trinajstić information content (AvgIpc) is 2.34. The SMILES string of the molecule is CCOC=C([C]=O)C(=O)c1cc(F)c(Cl)cc1Cl. The Balaban J connectivity index is 3.17. The summed E-state index contributed by atoms with van der Waals surface area (Å²) in [5.74, 6) is -1.58. The lowest BCUT2D eigenvalue weighted by atomic mass is 10.1. The van der Waals surface area contributed by atoms with Crippen LogP contribution in [0.25, 0.3) is 0 Å².